The van der Waals surface area contributed by atoms with Crippen molar-refractivity contribution in [1.29, 1.82) is 0 Å². The highest BCUT2D eigenvalue weighted by Crippen LogP contribution is 2.66. The number of rotatable bonds is 1. The summed E-state index contributed by atoms with van der Waals surface area (Å²) in [5, 5.41) is 14.3. The van der Waals surface area contributed by atoms with Crippen LogP contribution in [0.2, 0.25) is 0 Å². The molecule has 4 aliphatic carbocycles. The van der Waals surface area contributed by atoms with Crippen LogP contribution in [0.4, 0.5) is 0 Å². The van der Waals surface area contributed by atoms with Gasteiger partial charge < -0.3 is 5.11 Å². The molecular weight excluding hydrogens is 286 g/mol. The van der Waals surface area contributed by atoms with E-state index in [1.807, 2.05) is 0 Å². The molecule has 0 radical (unpaired) electrons. The third-order valence-electron chi connectivity index (χ3n) is 8.78. The van der Waals surface area contributed by atoms with Crippen LogP contribution in [0, 0.1) is 34.5 Å². The van der Waals surface area contributed by atoms with E-state index in [9.17, 15) is 5.11 Å². The summed E-state index contributed by atoms with van der Waals surface area (Å²) in [6.45, 7) is 4.93. The summed E-state index contributed by atoms with van der Waals surface area (Å²) < 4.78 is 0. The number of fused-ring (bicyclic) bond motifs is 5. The zero-order chi connectivity index (χ0) is 16.2. The largest absolute Gasteiger partial charge is 0.393 e. The van der Waals surface area contributed by atoms with Crippen LogP contribution in [-0.2, 0) is 0 Å². The van der Waals surface area contributed by atoms with E-state index < -0.39 is 0 Å². The second kappa shape index (κ2) is 5.39. The number of aliphatic hydroxyl groups is 1. The van der Waals surface area contributed by atoms with Gasteiger partial charge in [0.2, 0.25) is 0 Å². The second-order valence-corrected chi connectivity index (χ2v) is 9.43. The Morgan fingerprint density at radius 2 is 1.70 bits per heavy atom. The lowest BCUT2D eigenvalue weighted by atomic mass is 9.45. The van der Waals surface area contributed by atoms with Crippen molar-refractivity contribution >= 4 is 0 Å². The van der Waals surface area contributed by atoms with E-state index in [0.717, 1.165) is 42.9 Å². The molecule has 4 heteroatoms. The molecule has 1 N–H and O–H groups in total. The first-order chi connectivity index (χ1) is 11.0. The quantitative estimate of drug-likeness (QED) is 0.409. The van der Waals surface area contributed by atoms with Gasteiger partial charge in [0, 0.05) is 11.0 Å². The second-order valence-electron chi connectivity index (χ2n) is 9.43. The molecule has 0 heterocycles. The van der Waals surface area contributed by atoms with Crippen molar-refractivity contribution in [2.45, 2.75) is 83.8 Å². The molecule has 0 amide bonds. The van der Waals surface area contributed by atoms with Crippen LogP contribution in [0.1, 0.15) is 71.6 Å². The molecule has 4 nitrogen and oxygen atoms in total. The van der Waals surface area contributed by atoms with Crippen LogP contribution in [0.25, 0.3) is 10.4 Å². The van der Waals surface area contributed by atoms with Crippen LogP contribution >= 0.6 is 0 Å². The fourth-order valence-electron chi connectivity index (χ4n) is 7.46. The van der Waals surface area contributed by atoms with Gasteiger partial charge >= 0.3 is 0 Å². The summed E-state index contributed by atoms with van der Waals surface area (Å²) in [5.74, 6) is 3.13. The number of hydrogen-bond acceptors (Lipinski definition) is 2. The molecule has 0 aliphatic heterocycles. The van der Waals surface area contributed by atoms with Crippen LogP contribution in [-0.4, -0.2) is 17.3 Å². The van der Waals surface area contributed by atoms with Gasteiger partial charge in [0.25, 0.3) is 0 Å². The van der Waals surface area contributed by atoms with E-state index in [1.165, 1.54) is 38.5 Å². The maximum atomic E-state index is 10.1. The summed E-state index contributed by atoms with van der Waals surface area (Å²) >= 11 is 0. The SMILES string of the molecule is C[C@]12CC[C@H](O)C[C@@H]1CC[C@@H]1[C@@H]2CC[C@]2(C)[C@H](N=[N+]=[N-])CC[C@@H]12. The Bertz CT molecular complexity index is 531. The van der Waals surface area contributed by atoms with Crippen molar-refractivity contribution in [2.75, 3.05) is 0 Å². The Morgan fingerprint density at radius 1 is 0.957 bits per heavy atom. The average Bonchev–Trinajstić information content (AvgIpc) is 2.85. The minimum Gasteiger partial charge on any atom is -0.393 e. The molecular formula is C19H31N3O. The fraction of sp³-hybridized carbons (Fsp3) is 1.00. The molecule has 0 spiro atoms. The molecule has 0 unspecified atom stereocenters. The molecule has 4 saturated carbocycles. The summed E-state index contributed by atoms with van der Waals surface area (Å²) in [4.78, 5) is 3.14. The monoisotopic (exact) mass is 317 g/mol. The molecule has 0 aromatic heterocycles. The van der Waals surface area contributed by atoms with Gasteiger partial charge in [-0.2, -0.15) is 0 Å². The minimum atomic E-state index is -0.0562. The van der Waals surface area contributed by atoms with Crippen molar-refractivity contribution in [3.63, 3.8) is 0 Å². The maximum absolute atomic E-state index is 10.1. The molecule has 4 rings (SSSR count). The number of nitrogens with zero attached hydrogens (tertiary/aromatic N) is 3. The van der Waals surface area contributed by atoms with E-state index in [2.05, 4.69) is 23.9 Å². The summed E-state index contributed by atoms with van der Waals surface area (Å²) in [6, 6.07) is 0.220. The molecule has 0 aromatic carbocycles. The third-order valence-corrected chi connectivity index (χ3v) is 8.78. The Labute approximate surface area is 139 Å². The van der Waals surface area contributed by atoms with Gasteiger partial charge in [-0.05, 0) is 97.8 Å². The average molecular weight is 317 g/mol. The van der Waals surface area contributed by atoms with Gasteiger partial charge in [-0.25, -0.2) is 0 Å². The van der Waals surface area contributed by atoms with Crippen molar-refractivity contribution < 1.29 is 5.11 Å². The Balaban J connectivity index is 1.61. The predicted octanol–water partition coefficient (Wildman–Crippen LogP) is 5.07. The molecule has 4 fully saturated rings. The van der Waals surface area contributed by atoms with E-state index in [4.69, 9.17) is 5.53 Å². The maximum Gasteiger partial charge on any atom is 0.0543 e. The molecule has 0 bridgehead atoms. The Morgan fingerprint density at radius 3 is 2.48 bits per heavy atom. The first kappa shape index (κ1) is 15.8. The summed E-state index contributed by atoms with van der Waals surface area (Å²) in [7, 11) is 0. The van der Waals surface area contributed by atoms with E-state index in [1.54, 1.807) is 0 Å². The first-order valence-electron chi connectivity index (χ1n) is 9.71. The van der Waals surface area contributed by atoms with E-state index >= 15 is 0 Å². The highest BCUT2D eigenvalue weighted by Gasteiger charge is 2.59. The lowest BCUT2D eigenvalue weighted by Crippen LogP contribution is -2.54. The molecule has 0 aromatic rings. The Kier molecular flexibility index (Phi) is 3.70. The molecule has 128 valence electrons. The highest BCUT2D eigenvalue weighted by molar-refractivity contribution is 5.10. The van der Waals surface area contributed by atoms with Gasteiger partial charge in [0.05, 0.1) is 6.10 Å². The number of azide groups is 1. The first-order valence-corrected chi connectivity index (χ1v) is 9.71. The highest BCUT2D eigenvalue weighted by atomic mass is 16.3. The number of aliphatic hydroxyl groups excluding tert-OH is 1. The molecule has 23 heavy (non-hydrogen) atoms. The van der Waals surface area contributed by atoms with Crippen molar-refractivity contribution in [1.82, 2.24) is 0 Å². The zero-order valence-corrected chi connectivity index (χ0v) is 14.6. The number of hydrogen-bond donors (Lipinski definition) is 1. The van der Waals surface area contributed by atoms with Crippen LogP contribution < -0.4 is 0 Å². The summed E-state index contributed by atoms with van der Waals surface area (Å²) in [6.07, 6.45) is 10.7. The van der Waals surface area contributed by atoms with Crippen LogP contribution in [0.15, 0.2) is 5.11 Å². The normalized spacial score (nSPS) is 55.3. The van der Waals surface area contributed by atoms with Crippen molar-refractivity contribution in [2.24, 2.45) is 39.6 Å². The Hall–Kier alpha value is -0.730. The standard InChI is InChI=1S/C19H31N3O/c1-18-9-7-13(23)11-12(18)3-4-14-15-5-6-17(21-22-20)19(15,2)10-8-16(14)18/h12-17,23H,3-11H2,1-2H3/t12-,13-,14-,15-,16-,17+,18-,19-/m0/s1. The summed E-state index contributed by atoms with van der Waals surface area (Å²) in [5.41, 5.74) is 9.60. The molecule has 8 atom stereocenters. The minimum absolute atomic E-state index is 0.0562. The van der Waals surface area contributed by atoms with Crippen LogP contribution in [0.3, 0.4) is 0 Å². The third kappa shape index (κ3) is 2.17. The van der Waals surface area contributed by atoms with Crippen molar-refractivity contribution in [3.8, 4) is 0 Å². The molecule has 4 aliphatic rings. The van der Waals surface area contributed by atoms with Crippen molar-refractivity contribution in [3.05, 3.63) is 10.4 Å². The molecule has 0 saturated heterocycles. The van der Waals surface area contributed by atoms with Gasteiger partial charge in [-0.3, -0.25) is 0 Å². The van der Waals surface area contributed by atoms with Crippen LogP contribution in [0.5, 0.6) is 0 Å². The van der Waals surface area contributed by atoms with E-state index in [-0.39, 0.29) is 17.6 Å². The lowest BCUT2D eigenvalue weighted by Gasteiger charge is -2.60. The zero-order valence-electron chi connectivity index (χ0n) is 14.6. The fourth-order valence-corrected chi connectivity index (χ4v) is 7.46. The van der Waals surface area contributed by atoms with Gasteiger partial charge in [0.15, 0.2) is 0 Å². The topological polar surface area (TPSA) is 69.0 Å². The van der Waals surface area contributed by atoms with Gasteiger partial charge in [0.1, 0.15) is 0 Å². The van der Waals surface area contributed by atoms with E-state index in [0.29, 0.717) is 5.41 Å². The predicted molar refractivity (Wildman–Crippen MR) is 90.7 cm³/mol. The van der Waals surface area contributed by atoms with Gasteiger partial charge in [-0.1, -0.05) is 19.0 Å². The smallest absolute Gasteiger partial charge is 0.0543 e. The van der Waals surface area contributed by atoms with Gasteiger partial charge in [-0.15, -0.1) is 0 Å². The lowest BCUT2D eigenvalue weighted by molar-refractivity contribution is -0.122.